The number of benzene rings is 3. The molecule has 0 saturated heterocycles. The highest BCUT2D eigenvalue weighted by molar-refractivity contribution is 7.92. The summed E-state index contributed by atoms with van der Waals surface area (Å²) in [6.07, 6.45) is 0. The largest absolute Gasteiger partial charge is 0.493 e. The lowest BCUT2D eigenvalue weighted by atomic mass is 10.1. The molecule has 0 aliphatic heterocycles. The van der Waals surface area contributed by atoms with Crippen LogP contribution in [0, 0.1) is 0 Å². The van der Waals surface area contributed by atoms with Crippen molar-refractivity contribution in [2.45, 2.75) is 31.3 Å². The van der Waals surface area contributed by atoms with E-state index < -0.39 is 28.5 Å². The second-order valence-corrected chi connectivity index (χ2v) is 10.9. The molecule has 0 spiro atoms. The summed E-state index contributed by atoms with van der Waals surface area (Å²) in [5.74, 6) is -0.232. The fourth-order valence-corrected chi connectivity index (χ4v) is 5.47. The zero-order valence-electron chi connectivity index (χ0n) is 22.3. The maximum atomic E-state index is 13.9. The van der Waals surface area contributed by atoms with Crippen LogP contribution in [0.2, 0.25) is 5.02 Å². The number of carbonyl (C=O) groups is 2. The number of nitrogens with zero attached hydrogens (tertiary/aromatic N) is 2. The second-order valence-electron chi connectivity index (χ2n) is 8.58. The van der Waals surface area contributed by atoms with Crippen LogP contribution >= 0.6 is 11.6 Å². The van der Waals surface area contributed by atoms with Crippen molar-refractivity contribution in [3.63, 3.8) is 0 Å². The van der Waals surface area contributed by atoms with Gasteiger partial charge in [0.15, 0.2) is 11.5 Å². The van der Waals surface area contributed by atoms with Gasteiger partial charge in [0, 0.05) is 24.2 Å². The number of sulfonamides is 1. The molecule has 2 amide bonds. The number of ether oxygens (including phenoxy) is 2. The molecule has 11 heteroatoms. The van der Waals surface area contributed by atoms with E-state index in [1.54, 1.807) is 62.4 Å². The van der Waals surface area contributed by atoms with Gasteiger partial charge in [-0.3, -0.25) is 13.9 Å². The first kappa shape index (κ1) is 29.8. The van der Waals surface area contributed by atoms with Crippen LogP contribution in [-0.4, -0.2) is 58.5 Å². The highest BCUT2D eigenvalue weighted by atomic mass is 35.5. The lowest BCUT2D eigenvalue weighted by molar-refractivity contribution is -0.139. The number of carbonyl (C=O) groups excluding carboxylic acids is 2. The van der Waals surface area contributed by atoms with Gasteiger partial charge in [0.1, 0.15) is 12.6 Å². The summed E-state index contributed by atoms with van der Waals surface area (Å²) in [4.78, 5) is 28.0. The third-order valence-corrected chi connectivity index (χ3v) is 8.09. The Bertz CT molecular complexity index is 1380. The molecule has 3 aromatic rings. The summed E-state index contributed by atoms with van der Waals surface area (Å²) in [7, 11) is -1.29. The van der Waals surface area contributed by atoms with E-state index in [9.17, 15) is 18.0 Å². The molecule has 39 heavy (non-hydrogen) atoms. The smallest absolute Gasteiger partial charge is 0.264 e. The monoisotopic (exact) mass is 573 g/mol. The lowest BCUT2D eigenvalue weighted by Crippen LogP contribution is -2.51. The van der Waals surface area contributed by atoms with Gasteiger partial charge in [0.05, 0.1) is 24.8 Å². The van der Waals surface area contributed by atoms with Gasteiger partial charge in [-0.2, -0.15) is 0 Å². The third-order valence-electron chi connectivity index (χ3n) is 6.05. The van der Waals surface area contributed by atoms with Crippen LogP contribution in [-0.2, 0) is 26.2 Å². The molecular weight excluding hydrogens is 542 g/mol. The number of methoxy groups -OCH3 is 2. The predicted octanol–water partition coefficient (Wildman–Crippen LogP) is 4.11. The maximum absolute atomic E-state index is 13.9. The molecular formula is C28H32ClN3O6S. The molecule has 0 saturated carbocycles. The summed E-state index contributed by atoms with van der Waals surface area (Å²) >= 11 is 6.02. The molecule has 0 unspecified atom stereocenters. The number of hydrogen-bond acceptors (Lipinski definition) is 6. The predicted molar refractivity (Wildman–Crippen MR) is 151 cm³/mol. The highest BCUT2D eigenvalue weighted by Gasteiger charge is 2.32. The van der Waals surface area contributed by atoms with E-state index in [1.807, 2.05) is 0 Å². The number of halogens is 1. The van der Waals surface area contributed by atoms with E-state index >= 15 is 0 Å². The minimum Gasteiger partial charge on any atom is -0.493 e. The maximum Gasteiger partial charge on any atom is 0.264 e. The molecule has 0 heterocycles. The summed E-state index contributed by atoms with van der Waals surface area (Å²) in [6.45, 7) is 3.27. The van der Waals surface area contributed by atoms with Crippen molar-refractivity contribution in [2.75, 3.05) is 31.6 Å². The first-order valence-corrected chi connectivity index (χ1v) is 14.1. The normalized spacial score (nSPS) is 11.8. The number of nitrogens with one attached hydrogen (secondary N) is 1. The van der Waals surface area contributed by atoms with Crippen LogP contribution in [0.3, 0.4) is 0 Å². The molecule has 0 aliphatic carbocycles. The number of amides is 2. The second kappa shape index (κ2) is 13.3. The summed E-state index contributed by atoms with van der Waals surface area (Å²) in [5.41, 5.74) is 0.925. The van der Waals surface area contributed by atoms with Gasteiger partial charge in [-0.1, -0.05) is 41.9 Å². The Hall–Kier alpha value is -3.76. The van der Waals surface area contributed by atoms with Gasteiger partial charge in [-0.25, -0.2) is 8.42 Å². The molecule has 9 nitrogen and oxygen atoms in total. The lowest BCUT2D eigenvalue weighted by Gasteiger charge is -2.32. The van der Waals surface area contributed by atoms with Gasteiger partial charge in [-0.15, -0.1) is 0 Å². The molecule has 3 rings (SSSR count). The van der Waals surface area contributed by atoms with E-state index in [4.69, 9.17) is 21.1 Å². The molecule has 0 bridgehead atoms. The van der Waals surface area contributed by atoms with Gasteiger partial charge in [0.25, 0.3) is 10.0 Å². The van der Waals surface area contributed by atoms with Crippen molar-refractivity contribution in [1.82, 2.24) is 10.2 Å². The molecule has 0 fully saturated rings. The number of rotatable bonds is 12. The van der Waals surface area contributed by atoms with Crippen molar-refractivity contribution in [3.05, 3.63) is 83.4 Å². The Balaban J connectivity index is 2.07. The zero-order chi connectivity index (χ0) is 28.6. The Morgan fingerprint density at radius 3 is 2.18 bits per heavy atom. The first-order valence-electron chi connectivity index (χ1n) is 12.2. The topological polar surface area (TPSA) is 105 Å². The van der Waals surface area contributed by atoms with Gasteiger partial charge >= 0.3 is 0 Å². The number of anilines is 1. The average Bonchev–Trinajstić information content (AvgIpc) is 2.95. The third kappa shape index (κ3) is 7.21. The minimum atomic E-state index is -4.19. The molecule has 0 aromatic heterocycles. The summed E-state index contributed by atoms with van der Waals surface area (Å²) < 4.78 is 39.3. The van der Waals surface area contributed by atoms with Crippen molar-refractivity contribution < 1.29 is 27.5 Å². The molecule has 1 atom stereocenters. The van der Waals surface area contributed by atoms with E-state index in [1.165, 1.54) is 43.4 Å². The van der Waals surface area contributed by atoms with Crippen LogP contribution < -0.4 is 19.1 Å². The number of hydrogen-bond donors (Lipinski definition) is 1. The number of likely N-dealkylation sites (N-methyl/N-ethyl adjacent to an activating group) is 1. The minimum absolute atomic E-state index is 0.00797. The van der Waals surface area contributed by atoms with Gasteiger partial charge in [0.2, 0.25) is 11.8 Å². The van der Waals surface area contributed by atoms with E-state index in [0.717, 1.165) is 9.87 Å². The van der Waals surface area contributed by atoms with Crippen molar-refractivity contribution in [3.8, 4) is 11.5 Å². The standard InChI is InChI=1S/C28H32ClN3O6S/c1-5-30-28(34)20(2)31(18-21-11-13-22(29)14-12-21)27(33)19-32(39(35,36)24-9-7-6-8-10-24)23-15-16-25(37-3)26(17-23)38-4/h6-17,20H,5,18-19H2,1-4H3,(H,30,34)/t20-/m0/s1. The molecule has 1 N–H and O–H groups in total. The van der Waals surface area contributed by atoms with Crippen LogP contribution in [0.25, 0.3) is 0 Å². The van der Waals surface area contributed by atoms with Gasteiger partial charge in [-0.05, 0) is 55.8 Å². The SMILES string of the molecule is CCNC(=O)[C@H](C)N(Cc1ccc(Cl)cc1)C(=O)CN(c1ccc(OC)c(OC)c1)S(=O)(=O)c1ccccc1. The fraction of sp³-hybridized carbons (Fsp3) is 0.286. The zero-order valence-corrected chi connectivity index (χ0v) is 23.8. The molecule has 3 aromatic carbocycles. The summed E-state index contributed by atoms with van der Waals surface area (Å²) in [5, 5.41) is 3.26. The Kier molecular flexibility index (Phi) is 10.2. The van der Waals surface area contributed by atoms with Crippen molar-refractivity contribution in [1.29, 1.82) is 0 Å². The quantitative estimate of drug-likeness (QED) is 0.350. The Labute approximate surface area is 234 Å². The molecule has 0 aliphatic rings. The van der Waals surface area contributed by atoms with E-state index in [2.05, 4.69) is 5.32 Å². The van der Waals surface area contributed by atoms with Crippen LogP contribution in [0.15, 0.2) is 77.7 Å². The first-order chi connectivity index (χ1) is 18.6. The fourth-order valence-electron chi connectivity index (χ4n) is 3.92. The van der Waals surface area contributed by atoms with Crippen LogP contribution in [0.5, 0.6) is 11.5 Å². The summed E-state index contributed by atoms with van der Waals surface area (Å²) in [6, 6.07) is 18.4. The van der Waals surface area contributed by atoms with E-state index in [-0.39, 0.29) is 23.0 Å². The van der Waals surface area contributed by atoms with Crippen molar-refractivity contribution >= 4 is 39.1 Å². The Morgan fingerprint density at radius 1 is 0.949 bits per heavy atom. The van der Waals surface area contributed by atoms with Crippen LogP contribution in [0.4, 0.5) is 5.69 Å². The van der Waals surface area contributed by atoms with E-state index in [0.29, 0.717) is 23.1 Å². The average molecular weight is 574 g/mol. The van der Waals surface area contributed by atoms with Crippen LogP contribution in [0.1, 0.15) is 19.4 Å². The molecule has 208 valence electrons. The van der Waals surface area contributed by atoms with Gasteiger partial charge < -0.3 is 19.7 Å². The highest BCUT2D eigenvalue weighted by Crippen LogP contribution is 2.34. The Morgan fingerprint density at radius 2 is 1.59 bits per heavy atom. The molecule has 0 radical (unpaired) electrons. The van der Waals surface area contributed by atoms with Crippen molar-refractivity contribution in [2.24, 2.45) is 0 Å².